The van der Waals surface area contributed by atoms with Crippen LogP contribution in [0, 0.1) is 6.92 Å². The van der Waals surface area contributed by atoms with Crippen molar-refractivity contribution in [2.45, 2.75) is 26.6 Å². The van der Waals surface area contributed by atoms with Gasteiger partial charge in [0, 0.05) is 11.6 Å². The van der Waals surface area contributed by atoms with Gasteiger partial charge in [-0.15, -0.1) is 0 Å². The van der Waals surface area contributed by atoms with E-state index >= 15 is 0 Å². The van der Waals surface area contributed by atoms with E-state index in [9.17, 15) is 9.59 Å². The first-order chi connectivity index (χ1) is 15.0. The van der Waals surface area contributed by atoms with E-state index in [1.165, 1.54) is 6.07 Å². The normalized spacial score (nSPS) is 11.8. The molecule has 0 fully saturated rings. The molecule has 0 amide bonds. The van der Waals surface area contributed by atoms with E-state index in [-0.39, 0.29) is 12.0 Å². The van der Waals surface area contributed by atoms with Crippen LogP contribution in [0.1, 0.15) is 18.1 Å². The predicted molar refractivity (Wildman–Crippen MR) is 119 cm³/mol. The maximum Gasteiger partial charge on any atom is 0.347 e. The van der Waals surface area contributed by atoms with Crippen LogP contribution in [0.25, 0.3) is 22.3 Å². The van der Waals surface area contributed by atoms with Crippen LogP contribution in [-0.2, 0) is 16.1 Å². The van der Waals surface area contributed by atoms with Crippen molar-refractivity contribution in [1.82, 2.24) is 0 Å². The molecular weight excluding hydrogens is 392 g/mol. The summed E-state index contributed by atoms with van der Waals surface area (Å²) in [5, 5.41) is 0.387. The van der Waals surface area contributed by atoms with Crippen LogP contribution in [0.4, 0.5) is 0 Å². The van der Waals surface area contributed by atoms with Gasteiger partial charge in [0.1, 0.15) is 23.7 Å². The first kappa shape index (κ1) is 20.4. The zero-order chi connectivity index (χ0) is 21.8. The van der Waals surface area contributed by atoms with E-state index in [2.05, 4.69) is 0 Å². The van der Waals surface area contributed by atoms with E-state index in [1.807, 2.05) is 61.5 Å². The quantitative estimate of drug-likeness (QED) is 0.402. The third kappa shape index (κ3) is 4.83. The van der Waals surface area contributed by atoms with Crippen LogP contribution in [0.15, 0.2) is 88.1 Å². The lowest BCUT2D eigenvalue weighted by atomic mass is 10.1. The number of hydrogen-bond donors (Lipinski definition) is 0. The second-order valence-electron chi connectivity index (χ2n) is 7.35. The monoisotopic (exact) mass is 414 g/mol. The standard InChI is InChI=1S/C26H22O5/c1-17-8-10-20(11-9-17)25-15-23(27)22-14-21(12-13-24(22)31-25)30-18(2)26(28)29-16-19-6-4-3-5-7-19/h3-15,18H,16H2,1-2H3/t18-/m1/s1. The summed E-state index contributed by atoms with van der Waals surface area (Å²) in [6.45, 7) is 3.79. The van der Waals surface area contributed by atoms with E-state index < -0.39 is 12.1 Å². The molecule has 1 aromatic heterocycles. The summed E-state index contributed by atoms with van der Waals surface area (Å²) >= 11 is 0. The van der Waals surface area contributed by atoms with Gasteiger partial charge in [0.05, 0.1) is 5.39 Å². The molecule has 4 aromatic rings. The smallest absolute Gasteiger partial charge is 0.347 e. The number of aryl methyl sites for hydroxylation is 1. The molecule has 0 unspecified atom stereocenters. The summed E-state index contributed by atoms with van der Waals surface area (Å²) in [5.74, 6) is 0.418. The third-order valence-corrected chi connectivity index (χ3v) is 4.90. The van der Waals surface area contributed by atoms with E-state index in [0.717, 1.165) is 16.7 Å². The highest BCUT2D eigenvalue weighted by molar-refractivity contribution is 5.80. The molecule has 0 radical (unpaired) electrons. The minimum absolute atomic E-state index is 0.177. The number of benzene rings is 3. The molecule has 1 atom stereocenters. The zero-order valence-electron chi connectivity index (χ0n) is 17.3. The molecule has 156 valence electrons. The number of fused-ring (bicyclic) bond motifs is 1. The van der Waals surface area contributed by atoms with Crippen LogP contribution >= 0.6 is 0 Å². The molecule has 1 heterocycles. The summed E-state index contributed by atoms with van der Waals surface area (Å²) in [6.07, 6.45) is -0.819. The van der Waals surface area contributed by atoms with Gasteiger partial charge in [0.15, 0.2) is 11.5 Å². The van der Waals surface area contributed by atoms with E-state index in [0.29, 0.717) is 22.5 Å². The minimum Gasteiger partial charge on any atom is -0.479 e. The fraction of sp³-hybridized carbons (Fsp3) is 0.154. The Labute approximate surface area is 179 Å². The molecular formula is C26H22O5. The van der Waals surface area contributed by atoms with Crippen LogP contribution in [0.5, 0.6) is 5.75 Å². The number of hydrogen-bond acceptors (Lipinski definition) is 5. The van der Waals surface area contributed by atoms with Crippen molar-refractivity contribution < 1.29 is 18.7 Å². The van der Waals surface area contributed by atoms with Crippen molar-refractivity contribution in [1.29, 1.82) is 0 Å². The molecule has 5 nitrogen and oxygen atoms in total. The van der Waals surface area contributed by atoms with Gasteiger partial charge in [-0.1, -0.05) is 60.2 Å². The van der Waals surface area contributed by atoms with Gasteiger partial charge in [-0.05, 0) is 37.6 Å². The Bertz CT molecular complexity index is 1260. The highest BCUT2D eigenvalue weighted by Crippen LogP contribution is 2.25. The second kappa shape index (κ2) is 8.88. The van der Waals surface area contributed by atoms with Crippen LogP contribution in [0.2, 0.25) is 0 Å². The maximum absolute atomic E-state index is 12.7. The average Bonchev–Trinajstić information content (AvgIpc) is 2.79. The summed E-state index contributed by atoms with van der Waals surface area (Å²) in [4.78, 5) is 24.9. The number of rotatable bonds is 6. The first-order valence-corrected chi connectivity index (χ1v) is 10.0. The summed E-state index contributed by atoms with van der Waals surface area (Å²) in [5.41, 5.74) is 3.14. The molecule has 0 aliphatic heterocycles. The molecule has 31 heavy (non-hydrogen) atoms. The van der Waals surface area contributed by atoms with E-state index in [1.54, 1.807) is 25.1 Å². The average molecular weight is 414 g/mol. The molecule has 0 N–H and O–H groups in total. The van der Waals surface area contributed by atoms with Gasteiger partial charge < -0.3 is 13.9 Å². The molecule has 4 rings (SSSR count). The molecule has 0 aliphatic rings. The number of ether oxygens (including phenoxy) is 2. The van der Waals surface area contributed by atoms with Crippen LogP contribution in [-0.4, -0.2) is 12.1 Å². The van der Waals surface area contributed by atoms with E-state index in [4.69, 9.17) is 13.9 Å². The van der Waals surface area contributed by atoms with Crippen molar-refractivity contribution in [3.63, 3.8) is 0 Å². The van der Waals surface area contributed by atoms with Crippen molar-refractivity contribution >= 4 is 16.9 Å². The molecule has 0 bridgehead atoms. The topological polar surface area (TPSA) is 65.7 Å². The number of esters is 1. The minimum atomic E-state index is -0.819. The Morgan fingerprint density at radius 3 is 2.45 bits per heavy atom. The van der Waals surface area contributed by atoms with Crippen molar-refractivity contribution in [3.8, 4) is 17.1 Å². The summed E-state index contributed by atoms with van der Waals surface area (Å²) < 4.78 is 16.9. The molecule has 0 saturated carbocycles. The van der Waals surface area contributed by atoms with Gasteiger partial charge in [-0.3, -0.25) is 4.79 Å². The van der Waals surface area contributed by atoms with Crippen molar-refractivity contribution in [3.05, 3.63) is 100 Å². The first-order valence-electron chi connectivity index (χ1n) is 10.0. The fourth-order valence-electron chi connectivity index (χ4n) is 3.17. The highest BCUT2D eigenvalue weighted by Gasteiger charge is 2.17. The lowest BCUT2D eigenvalue weighted by molar-refractivity contribution is -0.152. The lowest BCUT2D eigenvalue weighted by Gasteiger charge is -2.14. The van der Waals surface area contributed by atoms with Gasteiger partial charge in [-0.25, -0.2) is 4.79 Å². The van der Waals surface area contributed by atoms with Crippen molar-refractivity contribution in [2.75, 3.05) is 0 Å². The van der Waals surface area contributed by atoms with Gasteiger partial charge >= 0.3 is 5.97 Å². The summed E-state index contributed by atoms with van der Waals surface area (Å²) in [7, 11) is 0. The van der Waals surface area contributed by atoms with Gasteiger partial charge in [0.2, 0.25) is 0 Å². The number of carbonyl (C=O) groups is 1. The van der Waals surface area contributed by atoms with Crippen LogP contribution in [0.3, 0.4) is 0 Å². The second-order valence-corrected chi connectivity index (χ2v) is 7.35. The van der Waals surface area contributed by atoms with Gasteiger partial charge in [-0.2, -0.15) is 0 Å². The Morgan fingerprint density at radius 2 is 1.71 bits per heavy atom. The third-order valence-electron chi connectivity index (χ3n) is 4.90. The van der Waals surface area contributed by atoms with Crippen molar-refractivity contribution in [2.24, 2.45) is 0 Å². The molecule has 0 saturated heterocycles. The fourth-order valence-corrected chi connectivity index (χ4v) is 3.17. The predicted octanol–water partition coefficient (Wildman–Crippen LogP) is 5.28. The zero-order valence-corrected chi connectivity index (χ0v) is 17.3. The molecule has 0 aliphatic carbocycles. The van der Waals surface area contributed by atoms with Gasteiger partial charge in [0.25, 0.3) is 0 Å². The Balaban J connectivity index is 1.49. The molecule has 3 aromatic carbocycles. The maximum atomic E-state index is 12.7. The summed E-state index contributed by atoms with van der Waals surface area (Å²) in [6, 6.07) is 23.6. The lowest BCUT2D eigenvalue weighted by Crippen LogP contribution is -2.26. The Hall–Kier alpha value is -3.86. The molecule has 5 heteroatoms. The van der Waals surface area contributed by atoms with Crippen LogP contribution < -0.4 is 10.2 Å². The molecule has 0 spiro atoms. The SMILES string of the molecule is Cc1ccc(-c2cc(=O)c3cc(O[C@H](C)C(=O)OCc4ccccc4)ccc3o2)cc1. The highest BCUT2D eigenvalue weighted by atomic mass is 16.6. The Morgan fingerprint density at radius 1 is 0.968 bits per heavy atom. The number of carbonyl (C=O) groups excluding carboxylic acids is 1. The Kier molecular flexibility index (Phi) is 5.85. The largest absolute Gasteiger partial charge is 0.479 e.